The lowest BCUT2D eigenvalue weighted by Gasteiger charge is -2.29. The molecule has 0 saturated carbocycles. The lowest BCUT2D eigenvalue weighted by Crippen LogP contribution is -2.33. The Bertz CT molecular complexity index is 1680. The minimum absolute atomic E-state index is 0.333. The van der Waals surface area contributed by atoms with Crippen LogP contribution in [0.5, 0.6) is 5.75 Å². The van der Waals surface area contributed by atoms with Gasteiger partial charge in [-0.3, -0.25) is 14.4 Å². The van der Waals surface area contributed by atoms with Gasteiger partial charge in [0.25, 0.3) is 0 Å². The SMILES string of the molecule is Cc1ccccc1COc1ccc([C@H]2c3sc(=O)[nH]c3SC3C(=O)N(c4ccccc4C(F)(F)F)C(=O)C32)cc1. The van der Waals surface area contributed by atoms with Crippen LogP contribution in [0.2, 0.25) is 0 Å². The van der Waals surface area contributed by atoms with Gasteiger partial charge in [0.15, 0.2) is 0 Å². The quantitative estimate of drug-likeness (QED) is 0.286. The summed E-state index contributed by atoms with van der Waals surface area (Å²) in [4.78, 5) is 43.3. The molecule has 40 heavy (non-hydrogen) atoms. The van der Waals surface area contributed by atoms with E-state index in [1.54, 1.807) is 24.3 Å². The van der Waals surface area contributed by atoms with Gasteiger partial charge in [0.2, 0.25) is 11.8 Å². The molecule has 0 bridgehead atoms. The fraction of sp³-hybridized carbons (Fsp3) is 0.207. The normalized spacial score (nSPS) is 20.4. The van der Waals surface area contributed by atoms with Crippen molar-refractivity contribution < 1.29 is 27.5 Å². The topological polar surface area (TPSA) is 79.5 Å². The lowest BCUT2D eigenvalue weighted by atomic mass is 9.83. The van der Waals surface area contributed by atoms with Crippen LogP contribution in [0.1, 0.15) is 33.0 Å². The highest BCUT2D eigenvalue weighted by Crippen LogP contribution is 2.54. The maximum absolute atomic E-state index is 13.8. The van der Waals surface area contributed by atoms with Gasteiger partial charge in [-0.1, -0.05) is 71.6 Å². The summed E-state index contributed by atoms with van der Waals surface area (Å²) < 4.78 is 47.4. The molecular formula is C29H21F3N2O4S2. The highest BCUT2D eigenvalue weighted by Gasteiger charge is 2.57. The zero-order valence-electron chi connectivity index (χ0n) is 20.9. The number of para-hydroxylation sites is 1. The number of aryl methyl sites for hydroxylation is 1. The molecule has 2 aliphatic rings. The summed E-state index contributed by atoms with van der Waals surface area (Å²) in [6.45, 7) is 2.36. The molecule has 0 aliphatic carbocycles. The van der Waals surface area contributed by atoms with Gasteiger partial charge in [-0.05, 0) is 47.9 Å². The fourth-order valence-electron chi connectivity index (χ4n) is 5.23. The van der Waals surface area contributed by atoms with Crippen LogP contribution < -0.4 is 14.5 Å². The summed E-state index contributed by atoms with van der Waals surface area (Å²) in [5.74, 6) is -2.56. The molecule has 4 aromatic rings. The maximum atomic E-state index is 13.8. The molecule has 6 rings (SSSR count). The van der Waals surface area contributed by atoms with Crippen LogP contribution in [-0.4, -0.2) is 22.0 Å². The molecule has 1 N–H and O–H groups in total. The average molecular weight is 583 g/mol. The molecular weight excluding hydrogens is 561 g/mol. The molecule has 3 aromatic carbocycles. The third-order valence-corrected chi connectivity index (χ3v) is 9.57. The van der Waals surface area contributed by atoms with Crippen LogP contribution in [0.15, 0.2) is 82.6 Å². The van der Waals surface area contributed by atoms with Gasteiger partial charge in [0.05, 0.1) is 22.2 Å². The zero-order valence-corrected chi connectivity index (χ0v) is 22.5. The van der Waals surface area contributed by atoms with E-state index in [2.05, 4.69) is 4.98 Å². The van der Waals surface area contributed by atoms with Crippen LogP contribution in [0.25, 0.3) is 0 Å². The van der Waals surface area contributed by atoms with Gasteiger partial charge in [-0.2, -0.15) is 13.2 Å². The largest absolute Gasteiger partial charge is 0.489 e. The van der Waals surface area contributed by atoms with E-state index in [1.807, 2.05) is 31.2 Å². The third kappa shape index (κ3) is 4.52. The van der Waals surface area contributed by atoms with Gasteiger partial charge >= 0.3 is 11.0 Å². The van der Waals surface area contributed by atoms with Crippen LogP contribution >= 0.6 is 23.1 Å². The first-order chi connectivity index (χ1) is 19.1. The Kier molecular flexibility index (Phi) is 6.58. The molecule has 3 heterocycles. The van der Waals surface area contributed by atoms with Crippen molar-refractivity contribution in [1.29, 1.82) is 0 Å². The number of H-pyrrole nitrogens is 1. The van der Waals surface area contributed by atoms with E-state index in [0.29, 0.717) is 32.7 Å². The van der Waals surface area contributed by atoms with Crippen LogP contribution in [-0.2, 0) is 22.4 Å². The average Bonchev–Trinajstić information content (AvgIpc) is 3.42. The molecule has 1 saturated heterocycles. The molecule has 3 atom stereocenters. The first kappa shape index (κ1) is 26.4. The first-order valence-electron chi connectivity index (χ1n) is 12.3. The molecule has 6 nitrogen and oxygen atoms in total. The summed E-state index contributed by atoms with van der Waals surface area (Å²) in [6.07, 6.45) is -4.75. The van der Waals surface area contributed by atoms with Gasteiger partial charge in [-0.15, -0.1) is 0 Å². The molecule has 1 fully saturated rings. The molecule has 0 spiro atoms. The number of benzene rings is 3. The van der Waals surface area contributed by atoms with Gasteiger partial charge in [0.1, 0.15) is 17.6 Å². The van der Waals surface area contributed by atoms with E-state index in [0.717, 1.165) is 46.4 Å². The Morgan fingerprint density at radius 2 is 1.62 bits per heavy atom. The van der Waals surface area contributed by atoms with Crippen molar-refractivity contribution in [3.63, 3.8) is 0 Å². The number of amides is 2. The number of carbonyl (C=O) groups is 2. The zero-order chi connectivity index (χ0) is 28.2. The van der Waals surface area contributed by atoms with E-state index >= 15 is 0 Å². The number of imide groups is 1. The van der Waals surface area contributed by atoms with Crippen LogP contribution in [0.4, 0.5) is 18.9 Å². The number of fused-ring (bicyclic) bond motifs is 2. The predicted molar refractivity (Wildman–Crippen MR) is 146 cm³/mol. The van der Waals surface area contributed by atoms with E-state index in [9.17, 15) is 27.6 Å². The van der Waals surface area contributed by atoms with E-state index < -0.39 is 46.3 Å². The number of nitrogens with zero attached hydrogens (tertiary/aromatic N) is 1. The van der Waals surface area contributed by atoms with Crippen LogP contribution in [0, 0.1) is 12.8 Å². The van der Waals surface area contributed by atoms with Crippen molar-refractivity contribution in [2.75, 3.05) is 4.90 Å². The number of aromatic amines is 1. The fourth-order valence-corrected chi connectivity index (χ4v) is 7.74. The van der Waals surface area contributed by atoms with Crippen molar-refractivity contribution in [3.05, 3.63) is 110 Å². The molecule has 204 valence electrons. The van der Waals surface area contributed by atoms with Crippen molar-refractivity contribution in [1.82, 2.24) is 4.98 Å². The number of thiazole rings is 1. The van der Waals surface area contributed by atoms with E-state index in [-0.39, 0.29) is 4.87 Å². The number of carbonyl (C=O) groups excluding carboxylic acids is 2. The smallest absolute Gasteiger partial charge is 0.418 e. The highest BCUT2D eigenvalue weighted by atomic mass is 32.2. The van der Waals surface area contributed by atoms with Crippen LogP contribution in [0.3, 0.4) is 0 Å². The van der Waals surface area contributed by atoms with Crippen molar-refractivity contribution in [2.45, 2.75) is 35.9 Å². The highest BCUT2D eigenvalue weighted by molar-refractivity contribution is 8.00. The van der Waals surface area contributed by atoms with Crippen molar-refractivity contribution >= 4 is 40.6 Å². The van der Waals surface area contributed by atoms with Gasteiger partial charge < -0.3 is 9.72 Å². The number of ether oxygens (including phenoxy) is 1. The third-order valence-electron chi connectivity index (χ3n) is 7.17. The Labute approximate surface area is 234 Å². The number of aromatic nitrogens is 1. The minimum Gasteiger partial charge on any atom is -0.489 e. The molecule has 2 unspecified atom stereocenters. The molecule has 11 heteroatoms. The molecule has 2 aliphatic heterocycles. The number of hydrogen-bond acceptors (Lipinski definition) is 6. The number of thioether (sulfide) groups is 1. The number of alkyl halides is 3. The summed E-state index contributed by atoms with van der Waals surface area (Å²) in [7, 11) is 0. The Morgan fingerprint density at radius 3 is 2.35 bits per heavy atom. The monoisotopic (exact) mass is 582 g/mol. The number of rotatable bonds is 5. The Hall–Kier alpha value is -3.83. The summed E-state index contributed by atoms with van der Waals surface area (Å²) in [5, 5.41) is -0.540. The molecule has 2 amide bonds. The number of halogens is 3. The predicted octanol–water partition coefficient (Wildman–Crippen LogP) is 6.14. The first-order valence-corrected chi connectivity index (χ1v) is 14.0. The summed E-state index contributed by atoms with van der Waals surface area (Å²) >= 11 is 1.96. The number of nitrogens with one attached hydrogen (secondary N) is 1. The second-order valence-corrected chi connectivity index (χ2v) is 11.7. The van der Waals surface area contributed by atoms with Gasteiger partial charge in [-0.25, -0.2) is 4.90 Å². The molecule has 0 radical (unpaired) electrons. The second-order valence-electron chi connectivity index (χ2n) is 9.56. The van der Waals surface area contributed by atoms with Crippen molar-refractivity contribution in [2.24, 2.45) is 5.92 Å². The summed E-state index contributed by atoms with van der Waals surface area (Å²) in [5.41, 5.74) is 1.24. The van der Waals surface area contributed by atoms with Crippen molar-refractivity contribution in [3.8, 4) is 5.75 Å². The van der Waals surface area contributed by atoms with E-state index in [4.69, 9.17) is 4.74 Å². The van der Waals surface area contributed by atoms with Gasteiger partial charge in [0, 0.05) is 10.8 Å². The number of anilines is 1. The maximum Gasteiger partial charge on any atom is 0.418 e. The summed E-state index contributed by atoms with van der Waals surface area (Å²) in [6, 6.07) is 19.4. The Balaban J connectivity index is 1.36. The Morgan fingerprint density at radius 1 is 0.925 bits per heavy atom. The number of hydrogen-bond donors (Lipinski definition) is 1. The second kappa shape index (κ2) is 9.97. The lowest BCUT2D eigenvalue weighted by molar-refractivity contribution is -0.137. The molecule has 1 aromatic heterocycles. The standard InChI is InChI=1S/C29H21F3N2O4S2/c1-15-6-2-3-7-17(15)14-38-18-12-10-16(11-13-18)21-22-24(39-25-23(21)40-28(37)33-25)27(36)34(26(22)35)20-9-5-4-8-19(20)29(30,31)32/h2-13,21-22,24H,14H2,1H3,(H,33,37)/t21-,22?,24?/m1/s1. The minimum atomic E-state index is -4.75. The van der Waals surface area contributed by atoms with E-state index in [1.165, 1.54) is 12.1 Å².